The number of aromatic nitrogens is 1. The van der Waals surface area contributed by atoms with Crippen LogP contribution in [0.3, 0.4) is 0 Å². The second-order valence-corrected chi connectivity index (χ2v) is 11.5. The average Bonchev–Trinajstić information content (AvgIpc) is 3.50. The van der Waals surface area contributed by atoms with Crippen LogP contribution in [0.5, 0.6) is 0 Å². The van der Waals surface area contributed by atoms with E-state index in [9.17, 15) is 0 Å². The maximum atomic E-state index is 5.16. The first-order valence-electron chi connectivity index (χ1n) is 14.1. The highest BCUT2D eigenvalue weighted by Crippen LogP contribution is 2.42. The Morgan fingerprint density at radius 1 is 0.429 bits per heavy atom. The van der Waals surface area contributed by atoms with Gasteiger partial charge in [-0.05, 0) is 74.8 Å². The Labute approximate surface area is 248 Å². The Morgan fingerprint density at radius 2 is 0.976 bits per heavy atom. The van der Waals surface area contributed by atoms with Gasteiger partial charge < -0.3 is 0 Å². The fraction of sp³-hybridized carbons (Fsp3) is 0. The van der Waals surface area contributed by atoms with Crippen LogP contribution in [0.25, 0.3) is 54.0 Å². The number of benzene rings is 7. The molecular weight excluding hydrogens is 529 g/mol. The summed E-state index contributed by atoms with van der Waals surface area (Å²) in [4.78, 5) is 7.43. The highest BCUT2D eigenvalue weighted by molar-refractivity contribution is 7.23. The maximum Gasteiger partial charge on any atom is 0.195 e. The van der Waals surface area contributed by atoms with Crippen molar-refractivity contribution in [3.05, 3.63) is 158 Å². The van der Waals surface area contributed by atoms with Crippen LogP contribution in [-0.2, 0) is 0 Å². The second kappa shape index (κ2) is 10.3. The molecule has 0 atom stereocenters. The minimum Gasteiger partial charge on any atom is -0.286 e. The quantitative estimate of drug-likeness (QED) is 0.210. The summed E-state index contributed by atoms with van der Waals surface area (Å²) in [5, 5.41) is 5.93. The van der Waals surface area contributed by atoms with Crippen molar-refractivity contribution in [3.8, 4) is 22.3 Å². The first-order valence-corrected chi connectivity index (χ1v) is 14.9. The van der Waals surface area contributed by atoms with Crippen LogP contribution in [-0.4, -0.2) is 4.98 Å². The summed E-state index contributed by atoms with van der Waals surface area (Å²) in [6, 6.07) is 56.2. The molecule has 0 aliphatic rings. The van der Waals surface area contributed by atoms with E-state index in [2.05, 4.69) is 163 Å². The zero-order chi connectivity index (χ0) is 27.9. The molecule has 42 heavy (non-hydrogen) atoms. The third-order valence-corrected chi connectivity index (χ3v) is 8.99. The fourth-order valence-corrected chi connectivity index (χ4v) is 6.86. The van der Waals surface area contributed by atoms with Crippen LogP contribution in [0.15, 0.2) is 158 Å². The smallest absolute Gasteiger partial charge is 0.195 e. The molecule has 0 spiro atoms. The Bertz CT molecular complexity index is 2180. The zero-order valence-electron chi connectivity index (χ0n) is 22.8. The van der Waals surface area contributed by atoms with E-state index in [1.54, 1.807) is 11.3 Å². The minimum atomic E-state index is 0.951. The summed E-state index contributed by atoms with van der Waals surface area (Å²) in [7, 11) is 0. The standard InChI is InChI=1S/C39H26N2S/c1-2-8-27(9-3-1)29-16-21-34(22-17-29)41(39-40-37-25-20-31-11-6-7-13-36(31)38(37)42-39)35-23-18-30(19-24-35)33-15-14-28-10-4-5-12-32(28)26-33/h1-26H. The molecule has 198 valence electrons. The monoisotopic (exact) mass is 554 g/mol. The van der Waals surface area contributed by atoms with Crippen LogP contribution in [0, 0.1) is 0 Å². The second-order valence-electron chi connectivity index (χ2n) is 10.5. The van der Waals surface area contributed by atoms with Gasteiger partial charge in [0.2, 0.25) is 0 Å². The van der Waals surface area contributed by atoms with Crippen LogP contribution in [0.1, 0.15) is 0 Å². The molecular formula is C39H26N2S. The molecule has 0 aliphatic carbocycles. The molecule has 7 aromatic carbocycles. The molecule has 0 aliphatic heterocycles. The van der Waals surface area contributed by atoms with E-state index < -0.39 is 0 Å². The fourth-order valence-electron chi connectivity index (χ4n) is 5.71. The van der Waals surface area contributed by atoms with Crippen molar-refractivity contribution >= 4 is 59.6 Å². The van der Waals surface area contributed by atoms with Gasteiger partial charge in [0.15, 0.2) is 5.13 Å². The van der Waals surface area contributed by atoms with Crippen LogP contribution in [0.2, 0.25) is 0 Å². The van der Waals surface area contributed by atoms with E-state index >= 15 is 0 Å². The summed E-state index contributed by atoms with van der Waals surface area (Å²) in [5.74, 6) is 0. The third-order valence-electron chi connectivity index (χ3n) is 7.90. The van der Waals surface area contributed by atoms with E-state index in [4.69, 9.17) is 4.98 Å². The summed E-state index contributed by atoms with van der Waals surface area (Å²) in [6.45, 7) is 0. The molecule has 2 nitrogen and oxygen atoms in total. The van der Waals surface area contributed by atoms with E-state index in [1.165, 1.54) is 48.5 Å². The molecule has 0 bridgehead atoms. The minimum absolute atomic E-state index is 0.951. The first kappa shape index (κ1) is 24.5. The molecule has 0 N–H and O–H groups in total. The van der Waals surface area contributed by atoms with Gasteiger partial charge in [0.1, 0.15) is 0 Å². The SMILES string of the molecule is c1ccc(-c2ccc(N(c3ccc(-c4ccc5ccccc5c4)cc3)c3nc4ccc5ccccc5c4s3)cc2)cc1. The molecule has 8 aromatic rings. The molecule has 0 unspecified atom stereocenters. The molecule has 3 heteroatoms. The van der Waals surface area contributed by atoms with Crippen molar-refractivity contribution in [2.75, 3.05) is 4.90 Å². The predicted molar refractivity (Wildman–Crippen MR) is 180 cm³/mol. The lowest BCUT2D eigenvalue weighted by Gasteiger charge is -2.23. The molecule has 0 amide bonds. The summed E-state index contributed by atoms with van der Waals surface area (Å²) in [6.07, 6.45) is 0. The number of thiazole rings is 1. The van der Waals surface area contributed by atoms with Gasteiger partial charge in [0, 0.05) is 16.8 Å². The van der Waals surface area contributed by atoms with Gasteiger partial charge in [-0.3, -0.25) is 4.90 Å². The van der Waals surface area contributed by atoms with Gasteiger partial charge in [-0.15, -0.1) is 0 Å². The van der Waals surface area contributed by atoms with E-state index in [0.29, 0.717) is 0 Å². The largest absolute Gasteiger partial charge is 0.286 e. The number of hydrogen-bond acceptors (Lipinski definition) is 3. The lowest BCUT2D eigenvalue weighted by atomic mass is 10.0. The van der Waals surface area contributed by atoms with Gasteiger partial charge >= 0.3 is 0 Å². The van der Waals surface area contributed by atoms with Gasteiger partial charge in [-0.1, -0.05) is 133 Å². The summed E-state index contributed by atoms with van der Waals surface area (Å²) < 4.78 is 1.21. The number of nitrogens with zero attached hydrogens (tertiary/aromatic N) is 2. The predicted octanol–water partition coefficient (Wildman–Crippen LogP) is 11.4. The van der Waals surface area contributed by atoms with E-state index in [0.717, 1.165) is 22.0 Å². The highest BCUT2D eigenvalue weighted by atomic mass is 32.1. The molecule has 0 fully saturated rings. The average molecular weight is 555 g/mol. The lowest BCUT2D eigenvalue weighted by molar-refractivity contribution is 1.25. The molecule has 1 heterocycles. The Kier molecular flexibility index (Phi) is 6.02. The first-order chi connectivity index (χ1) is 20.8. The van der Waals surface area contributed by atoms with Crippen molar-refractivity contribution in [3.63, 3.8) is 0 Å². The summed E-state index contributed by atoms with van der Waals surface area (Å²) in [5.41, 5.74) is 7.99. The number of anilines is 3. The normalized spacial score (nSPS) is 11.3. The number of rotatable bonds is 5. The van der Waals surface area contributed by atoms with E-state index in [1.807, 2.05) is 0 Å². The number of fused-ring (bicyclic) bond motifs is 4. The van der Waals surface area contributed by atoms with Crippen molar-refractivity contribution in [1.82, 2.24) is 4.98 Å². The molecule has 0 saturated carbocycles. The van der Waals surface area contributed by atoms with E-state index in [-0.39, 0.29) is 0 Å². The lowest BCUT2D eigenvalue weighted by Crippen LogP contribution is -2.09. The van der Waals surface area contributed by atoms with Crippen molar-refractivity contribution in [2.24, 2.45) is 0 Å². The number of hydrogen-bond donors (Lipinski definition) is 0. The molecule has 0 saturated heterocycles. The van der Waals surface area contributed by atoms with Gasteiger partial charge in [0.25, 0.3) is 0 Å². The van der Waals surface area contributed by atoms with Crippen LogP contribution >= 0.6 is 11.3 Å². The molecule has 8 rings (SSSR count). The van der Waals surface area contributed by atoms with Crippen LogP contribution in [0.4, 0.5) is 16.5 Å². The molecule has 1 aromatic heterocycles. The van der Waals surface area contributed by atoms with Gasteiger partial charge in [-0.2, -0.15) is 0 Å². The van der Waals surface area contributed by atoms with Crippen molar-refractivity contribution < 1.29 is 0 Å². The summed E-state index contributed by atoms with van der Waals surface area (Å²) >= 11 is 1.74. The third kappa shape index (κ3) is 4.41. The maximum absolute atomic E-state index is 5.16. The Hall–Kier alpha value is -5.25. The van der Waals surface area contributed by atoms with Crippen molar-refractivity contribution in [1.29, 1.82) is 0 Å². The van der Waals surface area contributed by atoms with Gasteiger partial charge in [0.05, 0.1) is 10.2 Å². The Morgan fingerprint density at radius 3 is 1.71 bits per heavy atom. The highest BCUT2D eigenvalue weighted by Gasteiger charge is 2.18. The van der Waals surface area contributed by atoms with Crippen molar-refractivity contribution in [2.45, 2.75) is 0 Å². The topological polar surface area (TPSA) is 16.1 Å². The Balaban J connectivity index is 1.23. The molecule has 0 radical (unpaired) electrons. The van der Waals surface area contributed by atoms with Gasteiger partial charge in [-0.25, -0.2) is 4.98 Å². The zero-order valence-corrected chi connectivity index (χ0v) is 23.6. The van der Waals surface area contributed by atoms with Crippen LogP contribution < -0.4 is 4.90 Å².